The Balaban J connectivity index is 1.80. The highest BCUT2D eigenvalue weighted by Gasteiger charge is 2.26. The number of aromatic hydroxyl groups is 4. The van der Waals surface area contributed by atoms with Crippen molar-refractivity contribution < 1.29 is 49.8 Å². The Morgan fingerprint density at radius 2 is 1.66 bits per heavy atom. The number of rotatable bonds is 13. The summed E-state index contributed by atoms with van der Waals surface area (Å²) in [4.78, 5) is 47.5. The normalized spacial score (nSPS) is 15.8. The predicted octanol–water partition coefficient (Wildman–Crippen LogP) is -0.0917. The Morgan fingerprint density at radius 3 is 2.34 bits per heavy atom. The van der Waals surface area contributed by atoms with Gasteiger partial charge in [0, 0.05) is 23.1 Å². The molecule has 0 aliphatic carbocycles. The second-order valence-corrected chi connectivity index (χ2v) is 10.5. The van der Waals surface area contributed by atoms with Gasteiger partial charge in [-0.3, -0.25) is 19.2 Å². The van der Waals surface area contributed by atoms with Gasteiger partial charge in [-0.2, -0.15) is 0 Å². The van der Waals surface area contributed by atoms with Gasteiger partial charge in [-0.15, -0.1) is 11.8 Å². The summed E-state index contributed by atoms with van der Waals surface area (Å²) in [7, 11) is 0. The second kappa shape index (κ2) is 13.9. The van der Waals surface area contributed by atoms with Crippen molar-refractivity contribution >= 4 is 35.5 Å². The van der Waals surface area contributed by atoms with Crippen LogP contribution in [0.5, 0.6) is 23.0 Å². The summed E-state index contributed by atoms with van der Waals surface area (Å²) in [5.74, 6) is -5.47. The van der Waals surface area contributed by atoms with Crippen LogP contribution >= 0.6 is 11.8 Å². The van der Waals surface area contributed by atoms with Crippen LogP contribution in [0, 0.1) is 0 Å². The maximum atomic E-state index is 12.7. The van der Waals surface area contributed by atoms with Gasteiger partial charge in [0.15, 0.2) is 23.0 Å². The lowest BCUT2D eigenvalue weighted by molar-refractivity contribution is -0.139. The first-order chi connectivity index (χ1) is 19.3. The van der Waals surface area contributed by atoms with E-state index in [-0.39, 0.29) is 48.3 Å². The molecule has 2 amide bonds. The molecule has 1 heterocycles. The van der Waals surface area contributed by atoms with Gasteiger partial charge in [0.2, 0.25) is 11.8 Å². The first-order valence-electron chi connectivity index (χ1n) is 12.6. The molecule has 222 valence electrons. The number of carboxylic acid groups (broad SMARTS) is 2. The smallest absolute Gasteiger partial charge is 0.322 e. The number of carboxylic acids is 2. The van der Waals surface area contributed by atoms with E-state index in [1.165, 1.54) is 24.3 Å². The van der Waals surface area contributed by atoms with E-state index in [9.17, 15) is 39.6 Å². The van der Waals surface area contributed by atoms with Crippen LogP contribution in [-0.4, -0.2) is 85.3 Å². The molecular formula is C26H32N4O10S. The van der Waals surface area contributed by atoms with E-state index in [0.29, 0.717) is 23.4 Å². The molecule has 0 saturated carbocycles. The minimum Gasteiger partial charge on any atom is -0.504 e. The van der Waals surface area contributed by atoms with E-state index in [2.05, 4.69) is 16.0 Å². The van der Waals surface area contributed by atoms with E-state index in [0.717, 1.165) is 22.9 Å². The van der Waals surface area contributed by atoms with Crippen molar-refractivity contribution in [1.82, 2.24) is 16.0 Å². The van der Waals surface area contributed by atoms with Crippen molar-refractivity contribution in [3.63, 3.8) is 0 Å². The molecule has 0 aromatic heterocycles. The maximum absolute atomic E-state index is 12.7. The number of benzene rings is 2. The fourth-order valence-electron chi connectivity index (χ4n) is 4.28. The van der Waals surface area contributed by atoms with E-state index in [1.54, 1.807) is 0 Å². The fraction of sp³-hybridized carbons (Fsp3) is 0.385. The third kappa shape index (κ3) is 8.64. The van der Waals surface area contributed by atoms with Gasteiger partial charge in [-0.25, -0.2) is 0 Å². The molecule has 2 aromatic carbocycles. The number of aliphatic carboxylic acids is 2. The number of nitrogens with two attached hydrogens (primary N) is 1. The minimum atomic E-state index is -1.30. The van der Waals surface area contributed by atoms with Crippen LogP contribution in [0.4, 0.5) is 0 Å². The highest BCUT2D eigenvalue weighted by atomic mass is 32.2. The third-order valence-corrected chi connectivity index (χ3v) is 7.64. The van der Waals surface area contributed by atoms with E-state index >= 15 is 0 Å². The Kier molecular flexibility index (Phi) is 10.6. The van der Waals surface area contributed by atoms with Crippen LogP contribution in [-0.2, 0) is 32.0 Å². The molecule has 1 aliphatic heterocycles. The predicted molar refractivity (Wildman–Crippen MR) is 146 cm³/mol. The summed E-state index contributed by atoms with van der Waals surface area (Å²) in [5, 5.41) is 66.1. The molecule has 0 spiro atoms. The molecule has 15 heteroatoms. The number of carbonyl (C=O) groups excluding carboxylic acids is 2. The van der Waals surface area contributed by atoms with Crippen LogP contribution in [0.2, 0.25) is 0 Å². The molecule has 3 rings (SSSR count). The van der Waals surface area contributed by atoms with Crippen molar-refractivity contribution in [2.75, 3.05) is 18.8 Å². The number of amides is 2. The number of nitrogens with one attached hydrogen (secondary N) is 3. The van der Waals surface area contributed by atoms with Crippen molar-refractivity contribution in [1.29, 1.82) is 0 Å². The number of carbonyl (C=O) groups is 4. The standard InChI is InChI=1S/C26H32N4O10S/c27-15(26(39)40)1-2-23(35)30-17(25(38)29-10-24(36)37)11-41-22-9-21(34)19(32)7-13(22)5-16-14-8-20(33)18(31)6-12(14)3-4-28-16/h6-9,15-17,28,31-34H,1-5,10-11,27H2,(H,29,38)(H,30,35)(H,36,37)(H,39,40)/t15-,16?,17-/m0/s1. The van der Waals surface area contributed by atoms with Gasteiger partial charge in [0.05, 0.1) is 0 Å². The summed E-state index contributed by atoms with van der Waals surface area (Å²) < 4.78 is 0. The summed E-state index contributed by atoms with van der Waals surface area (Å²) in [6, 6.07) is 2.78. The molecule has 3 atom stereocenters. The number of fused-ring (bicyclic) bond motifs is 1. The van der Waals surface area contributed by atoms with Gasteiger partial charge in [0.1, 0.15) is 18.6 Å². The first kappa shape index (κ1) is 31.3. The molecule has 41 heavy (non-hydrogen) atoms. The molecule has 11 N–H and O–H groups in total. The van der Waals surface area contributed by atoms with Crippen LogP contribution in [0.1, 0.15) is 35.6 Å². The lowest BCUT2D eigenvalue weighted by Gasteiger charge is -2.28. The maximum Gasteiger partial charge on any atom is 0.322 e. The Bertz CT molecular complexity index is 1320. The summed E-state index contributed by atoms with van der Waals surface area (Å²) in [6.45, 7) is -0.113. The average molecular weight is 593 g/mol. The quantitative estimate of drug-likeness (QED) is 0.108. The number of phenolic OH excluding ortho intramolecular Hbond substituents is 4. The monoisotopic (exact) mass is 592 g/mol. The summed E-state index contributed by atoms with van der Waals surface area (Å²) in [5.41, 5.74) is 7.57. The van der Waals surface area contributed by atoms with Crippen LogP contribution in [0.15, 0.2) is 29.2 Å². The zero-order chi connectivity index (χ0) is 30.3. The fourth-order valence-corrected chi connectivity index (χ4v) is 5.39. The highest BCUT2D eigenvalue weighted by molar-refractivity contribution is 7.99. The summed E-state index contributed by atoms with van der Waals surface area (Å²) >= 11 is 1.06. The van der Waals surface area contributed by atoms with E-state index in [1.807, 2.05) is 0 Å². The largest absolute Gasteiger partial charge is 0.504 e. The van der Waals surface area contributed by atoms with Gasteiger partial charge >= 0.3 is 11.9 Å². The second-order valence-electron chi connectivity index (χ2n) is 9.48. The molecule has 0 saturated heterocycles. The highest BCUT2D eigenvalue weighted by Crippen LogP contribution is 2.39. The number of phenols is 4. The molecule has 2 aromatic rings. The van der Waals surface area contributed by atoms with Crippen molar-refractivity contribution in [2.45, 2.75) is 48.7 Å². The lowest BCUT2D eigenvalue weighted by Crippen LogP contribution is -2.49. The Hall–Kier alpha value is -4.21. The van der Waals surface area contributed by atoms with E-state index < -0.39 is 48.1 Å². The number of hydrogen-bond donors (Lipinski definition) is 10. The Morgan fingerprint density at radius 1 is 1.00 bits per heavy atom. The molecule has 14 nitrogen and oxygen atoms in total. The zero-order valence-electron chi connectivity index (χ0n) is 21.8. The number of thioether (sulfide) groups is 1. The molecular weight excluding hydrogens is 560 g/mol. The van der Waals surface area contributed by atoms with Gasteiger partial charge in [-0.05, 0) is 66.8 Å². The third-order valence-electron chi connectivity index (χ3n) is 6.45. The van der Waals surface area contributed by atoms with Crippen LogP contribution in [0.3, 0.4) is 0 Å². The molecule has 0 bridgehead atoms. The zero-order valence-corrected chi connectivity index (χ0v) is 22.6. The lowest BCUT2D eigenvalue weighted by atomic mass is 9.89. The van der Waals surface area contributed by atoms with Gasteiger partial charge in [0.25, 0.3) is 0 Å². The first-order valence-corrected chi connectivity index (χ1v) is 13.6. The Labute approximate surface area is 238 Å². The van der Waals surface area contributed by atoms with Crippen molar-refractivity contribution in [3.05, 3.63) is 41.0 Å². The molecule has 0 radical (unpaired) electrons. The SMILES string of the molecule is N[C@@H](CCC(=O)N[C@@H](CSc1cc(O)c(O)cc1CC1NCCc2cc(O)c(O)cc21)C(=O)NCC(=O)O)C(=O)O. The number of hydrogen-bond acceptors (Lipinski definition) is 11. The molecule has 1 aliphatic rings. The van der Waals surface area contributed by atoms with Crippen molar-refractivity contribution in [2.24, 2.45) is 5.73 Å². The molecule has 1 unspecified atom stereocenters. The summed E-state index contributed by atoms with van der Waals surface area (Å²) in [6.07, 6.45) is 0.424. The van der Waals surface area contributed by atoms with Gasteiger partial charge in [-0.1, -0.05) is 0 Å². The van der Waals surface area contributed by atoms with E-state index in [4.69, 9.17) is 15.9 Å². The minimum absolute atomic E-state index is 0.108. The van der Waals surface area contributed by atoms with Gasteiger partial charge < -0.3 is 52.3 Å². The molecule has 0 fully saturated rings. The average Bonchev–Trinajstić information content (AvgIpc) is 2.91. The van der Waals surface area contributed by atoms with Crippen LogP contribution in [0.25, 0.3) is 0 Å². The topological polar surface area (TPSA) is 252 Å². The van der Waals surface area contributed by atoms with Crippen LogP contribution < -0.4 is 21.7 Å². The van der Waals surface area contributed by atoms with Crippen molar-refractivity contribution in [3.8, 4) is 23.0 Å².